The van der Waals surface area contributed by atoms with E-state index in [9.17, 15) is 22.8 Å². The van der Waals surface area contributed by atoms with Gasteiger partial charge in [-0.1, -0.05) is 23.7 Å². The van der Waals surface area contributed by atoms with E-state index in [1.165, 1.54) is 31.9 Å². The Morgan fingerprint density at radius 1 is 1.25 bits per heavy atom. The van der Waals surface area contributed by atoms with Gasteiger partial charge in [0.1, 0.15) is 6.04 Å². The van der Waals surface area contributed by atoms with Gasteiger partial charge in [0, 0.05) is 13.1 Å². The minimum atomic E-state index is -3.14. The molecule has 1 fully saturated rings. The van der Waals surface area contributed by atoms with Crippen LogP contribution in [0.3, 0.4) is 0 Å². The average molecular weight is 431 g/mol. The molecule has 1 aromatic rings. The predicted octanol–water partition coefficient (Wildman–Crippen LogP) is 1.04. The zero-order valence-corrected chi connectivity index (χ0v) is 17.4. The summed E-state index contributed by atoms with van der Waals surface area (Å²) in [5, 5.41) is 2.72. The summed E-state index contributed by atoms with van der Waals surface area (Å²) in [7, 11) is -1.65. The fraction of sp³-hybridized carbons (Fsp3) is 0.500. The van der Waals surface area contributed by atoms with Crippen molar-refractivity contribution in [1.82, 2.24) is 10.2 Å². The van der Waals surface area contributed by atoms with E-state index in [1.54, 1.807) is 18.2 Å². The molecule has 10 heteroatoms. The summed E-state index contributed by atoms with van der Waals surface area (Å²) >= 11 is 5.96. The van der Waals surface area contributed by atoms with Crippen molar-refractivity contribution in [3.63, 3.8) is 0 Å². The lowest BCUT2D eigenvalue weighted by molar-refractivity contribution is -0.160. The summed E-state index contributed by atoms with van der Waals surface area (Å²) in [6.07, 6.45) is -0.754. The number of ether oxygens (including phenoxy) is 1. The number of hydrogen-bond acceptors (Lipinski definition) is 6. The monoisotopic (exact) mass is 430 g/mol. The number of halogens is 1. The van der Waals surface area contributed by atoms with Crippen LogP contribution in [0.1, 0.15) is 30.6 Å². The summed E-state index contributed by atoms with van der Waals surface area (Å²) in [5.41, 5.74) is 0.218. The third-order valence-corrected chi connectivity index (χ3v) is 6.64. The van der Waals surface area contributed by atoms with Crippen molar-refractivity contribution in [2.45, 2.75) is 38.5 Å². The highest BCUT2D eigenvalue weighted by molar-refractivity contribution is 7.91. The minimum Gasteiger partial charge on any atom is -0.451 e. The molecule has 1 N–H and O–H groups in total. The highest BCUT2D eigenvalue weighted by atomic mass is 35.5. The van der Waals surface area contributed by atoms with Gasteiger partial charge in [0.15, 0.2) is 15.9 Å². The standard InChI is InChI=1S/C18H23ClN2O6S/c1-11(20-16(22)14-6-4-5-7-15(14)19)18(24)27-12(2)17(23)21(3)13-8-9-28(25,26)10-13/h4-7,11-13H,8-10H2,1-3H3,(H,20,22)/t11-,12+,13+/m0/s1. The van der Waals surface area contributed by atoms with Gasteiger partial charge >= 0.3 is 5.97 Å². The van der Waals surface area contributed by atoms with Crippen molar-refractivity contribution < 1.29 is 27.5 Å². The van der Waals surface area contributed by atoms with Crippen molar-refractivity contribution in [2.75, 3.05) is 18.6 Å². The number of nitrogens with one attached hydrogen (secondary N) is 1. The molecule has 3 atom stereocenters. The lowest BCUT2D eigenvalue weighted by Crippen LogP contribution is -2.46. The zero-order chi connectivity index (χ0) is 21.1. The molecule has 0 radical (unpaired) electrons. The van der Waals surface area contributed by atoms with Crippen LogP contribution >= 0.6 is 11.6 Å². The van der Waals surface area contributed by atoms with Gasteiger partial charge in [-0.2, -0.15) is 0 Å². The molecule has 0 unspecified atom stereocenters. The Morgan fingerprint density at radius 3 is 2.46 bits per heavy atom. The van der Waals surface area contributed by atoms with Gasteiger partial charge in [-0.15, -0.1) is 0 Å². The molecule has 0 saturated carbocycles. The molecule has 154 valence electrons. The van der Waals surface area contributed by atoms with Gasteiger partial charge in [0.25, 0.3) is 11.8 Å². The first kappa shape index (κ1) is 22.2. The number of carbonyl (C=O) groups is 3. The van der Waals surface area contributed by atoms with Gasteiger partial charge in [0.05, 0.1) is 22.1 Å². The number of nitrogens with zero attached hydrogens (tertiary/aromatic N) is 1. The maximum atomic E-state index is 12.4. The molecule has 1 saturated heterocycles. The molecule has 1 aliphatic heterocycles. The number of hydrogen-bond donors (Lipinski definition) is 1. The Kier molecular flexibility index (Phi) is 7.06. The van der Waals surface area contributed by atoms with Crippen molar-refractivity contribution >= 4 is 39.2 Å². The topological polar surface area (TPSA) is 110 Å². The predicted molar refractivity (Wildman–Crippen MR) is 104 cm³/mol. The summed E-state index contributed by atoms with van der Waals surface area (Å²) in [5.74, 6) is -1.88. The Hall–Kier alpha value is -2.13. The number of amides is 2. The van der Waals surface area contributed by atoms with E-state index in [0.717, 1.165) is 0 Å². The molecule has 8 nitrogen and oxygen atoms in total. The lowest BCUT2D eigenvalue weighted by Gasteiger charge is -2.27. The van der Waals surface area contributed by atoms with Crippen molar-refractivity contribution in [1.29, 1.82) is 0 Å². The molecule has 1 heterocycles. The molecule has 1 aromatic carbocycles. The first-order chi connectivity index (χ1) is 13.0. The number of carbonyl (C=O) groups excluding carboxylic acids is 3. The minimum absolute atomic E-state index is 0.0363. The lowest BCUT2D eigenvalue weighted by atomic mass is 10.2. The van der Waals surface area contributed by atoms with Crippen molar-refractivity contribution in [3.8, 4) is 0 Å². The second kappa shape index (κ2) is 8.91. The summed E-state index contributed by atoms with van der Waals surface area (Å²) in [4.78, 5) is 38.2. The van der Waals surface area contributed by atoms with E-state index in [1.807, 2.05) is 0 Å². The van der Waals surface area contributed by atoms with Crippen molar-refractivity contribution in [2.24, 2.45) is 0 Å². The SMILES string of the molecule is C[C@H](NC(=O)c1ccccc1Cl)C(=O)O[C@H](C)C(=O)N(C)[C@@H]1CCS(=O)(=O)C1. The number of likely N-dealkylation sites (N-methyl/N-ethyl adjacent to an activating group) is 1. The highest BCUT2D eigenvalue weighted by Crippen LogP contribution is 2.18. The molecule has 0 aliphatic carbocycles. The third kappa shape index (κ3) is 5.45. The number of esters is 1. The largest absolute Gasteiger partial charge is 0.451 e. The van der Waals surface area contributed by atoms with E-state index >= 15 is 0 Å². The van der Waals surface area contributed by atoms with Crippen LogP contribution in [0.4, 0.5) is 0 Å². The number of benzene rings is 1. The Bertz CT molecular complexity index is 873. The Balaban J connectivity index is 1.91. The Labute approximate surface area is 169 Å². The van der Waals surface area contributed by atoms with Crippen LogP contribution in [0.2, 0.25) is 5.02 Å². The molecular formula is C18H23ClN2O6S. The fourth-order valence-corrected chi connectivity index (χ4v) is 4.85. The quantitative estimate of drug-likeness (QED) is 0.675. The summed E-state index contributed by atoms with van der Waals surface area (Å²) in [6, 6.07) is 4.96. The van der Waals surface area contributed by atoms with Crippen LogP contribution in [0, 0.1) is 0 Å². The molecule has 0 aromatic heterocycles. The van der Waals surface area contributed by atoms with E-state index in [-0.39, 0.29) is 22.1 Å². The second-order valence-electron chi connectivity index (χ2n) is 6.76. The Morgan fingerprint density at radius 2 is 1.89 bits per heavy atom. The van der Waals surface area contributed by atoms with Gasteiger partial charge in [-0.25, -0.2) is 13.2 Å². The zero-order valence-electron chi connectivity index (χ0n) is 15.8. The average Bonchev–Trinajstić information content (AvgIpc) is 3.00. The van der Waals surface area contributed by atoms with Crippen LogP contribution in [-0.2, 0) is 24.2 Å². The van der Waals surface area contributed by atoms with Gasteiger partial charge < -0.3 is 15.0 Å². The van der Waals surface area contributed by atoms with Crippen LogP contribution in [-0.4, -0.2) is 67.8 Å². The smallest absolute Gasteiger partial charge is 0.329 e. The van der Waals surface area contributed by atoms with Gasteiger partial charge in [-0.05, 0) is 32.4 Å². The fourth-order valence-electron chi connectivity index (χ4n) is 2.85. The van der Waals surface area contributed by atoms with E-state index in [2.05, 4.69) is 5.32 Å². The second-order valence-corrected chi connectivity index (χ2v) is 9.40. The molecule has 1 aliphatic rings. The van der Waals surface area contributed by atoms with E-state index in [4.69, 9.17) is 16.3 Å². The highest BCUT2D eigenvalue weighted by Gasteiger charge is 2.35. The molecule has 28 heavy (non-hydrogen) atoms. The molecular weight excluding hydrogens is 408 g/mol. The third-order valence-electron chi connectivity index (χ3n) is 4.56. The molecule has 0 bridgehead atoms. The van der Waals surface area contributed by atoms with Crippen LogP contribution in [0.25, 0.3) is 0 Å². The normalized spacial score (nSPS) is 20.1. The number of rotatable bonds is 6. The summed E-state index contributed by atoms with van der Waals surface area (Å²) < 4.78 is 28.3. The van der Waals surface area contributed by atoms with E-state index < -0.39 is 45.8 Å². The van der Waals surface area contributed by atoms with Crippen LogP contribution < -0.4 is 5.32 Å². The maximum absolute atomic E-state index is 12.4. The van der Waals surface area contributed by atoms with Crippen LogP contribution in [0.5, 0.6) is 0 Å². The van der Waals surface area contributed by atoms with Crippen LogP contribution in [0.15, 0.2) is 24.3 Å². The van der Waals surface area contributed by atoms with Gasteiger partial charge in [0.2, 0.25) is 0 Å². The van der Waals surface area contributed by atoms with Gasteiger partial charge in [-0.3, -0.25) is 9.59 Å². The first-order valence-electron chi connectivity index (χ1n) is 8.75. The molecule has 0 spiro atoms. The first-order valence-corrected chi connectivity index (χ1v) is 10.9. The summed E-state index contributed by atoms with van der Waals surface area (Å²) in [6.45, 7) is 2.84. The van der Waals surface area contributed by atoms with Crippen molar-refractivity contribution in [3.05, 3.63) is 34.9 Å². The molecule has 2 amide bonds. The molecule has 2 rings (SSSR count). The maximum Gasteiger partial charge on any atom is 0.329 e. The number of sulfone groups is 1. The van der Waals surface area contributed by atoms with E-state index in [0.29, 0.717) is 6.42 Å².